The first-order chi connectivity index (χ1) is 10.0. The van der Waals surface area contributed by atoms with Gasteiger partial charge >= 0.3 is 5.97 Å². The second kappa shape index (κ2) is 6.27. The molecular weight excluding hydrogens is 294 g/mol. The summed E-state index contributed by atoms with van der Waals surface area (Å²) in [6.07, 6.45) is 0. The minimum Gasteiger partial charge on any atom is -0.497 e. The first-order valence-corrected chi connectivity index (χ1v) is 6.66. The summed E-state index contributed by atoms with van der Waals surface area (Å²) in [6, 6.07) is 10.8. The fourth-order valence-corrected chi connectivity index (χ4v) is 2.63. The number of rotatable bonds is 5. The largest absolute Gasteiger partial charge is 0.497 e. The topological polar surface area (TPSA) is 89.7 Å². The summed E-state index contributed by atoms with van der Waals surface area (Å²) in [6.45, 7) is 0. The first-order valence-electron chi connectivity index (χ1n) is 5.85. The molecule has 21 heavy (non-hydrogen) atoms. The molecule has 0 saturated carbocycles. The van der Waals surface area contributed by atoms with Gasteiger partial charge in [0.25, 0.3) is 5.69 Å². The Bertz CT molecular complexity index is 702. The molecule has 0 radical (unpaired) electrons. The van der Waals surface area contributed by atoms with Crippen LogP contribution in [0.15, 0.2) is 52.3 Å². The number of carbonyl (C=O) groups is 1. The van der Waals surface area contributed by atoms with Crippen molar-refractivity contribution in [1.82, 2.24) is 0 Å². The van der Waals surface area contributed by atoms with Crippen molar-refractivity contribution in [3.05, 3.63) is 58.1 Å². The number of nitrogens with zero attached hydrogens (tertiary/aromatic N) is 1. The molecule has 0 aliphatic heterocycles. The molecule has 0 heterocycles. The molecular formula is C14H11NO5S. The molecule has 0 saturated heterocycles. The van der Waals surface area contributed by atoms with E-state index in [0.717, 1.165) is 11.8 Å². The summed E-state index contributed by atoms with van der Waals surface area (Å²) in [5, 5.41) is 20.1. The molecule has 0 unspecified atom stereocenters. The Hall–Kier alpha value is -2.54. The van der Waals surface area contributed by atoms with Gasteiger partial charge in [0.15, 0.2) is 0 Å². The third kappa shape index (κ3) is 3.51. The number of carboxylic acids is 1. The molecule has 7 heteroatoms. The van der Waals surface area contributed by atoms with Crippen LogP contribution < -0.4 is 4.74 Å². The lowest BCUT2D eigenvalue weighted by atomic mass is 10.2. The first kappa shape index (κ1) is 14.9. The Morgan fingerprint density at radius 1 is 1.29 bits per heavy atom. The van der Waals surface area contributed by atoms with Crippen LogP contribution in [0.1, 0.15) is 10.4 Å². The van der Waals surface area contributed by atoms with Gasteiger partial charge in [-0.25, -0.2) is 4.79 Å². The Kier molecular flexibility index (Phi) is 4.44. The quantitative estimate of drug-likeness (QED) is 0.672. The van der Waals surface area contributed by atoms with Crippen molar-refractivity contribution in [3.63, 3.8) is 0 Å². The van der Waals surface area contributed by atoms with Crippen LogP contribution in [0.3, 0.4) is 0 Å². The molecule has 6 nitrogen and oxygen atoms in total. The zero-order valence-electron chi connectivity index (χ0n) is 11.0. The van der Waals surface area contributed by atoms with Gasteiger partial charge in [0.2, 0.25) is 0 Å². The molecule has 0 fully saturated rings. The molecule has 0 aromatic heterocycles. The molecule has 0 amide bonds. The normalized spacial score (nSPS) is 10.1. The maximum atomic E-state index is 11.1. The number of carboxylic acid groups (broad SMARTS) is 1. The number of hydrogen-bond donors (Lipinski definition) is 1. The van der Waals surface area contributed by atoms with Gasteiger partial charge in [-0.15, -0.1) is 0 Å². The van der Waals surface area contributed by atoms with E-state index in [-0.39, 0.29) is 11.3 Å². The second-order valence-electron chi connectivity index (χ2n) is 4.03. The lowest BCUT2D eigenvalue weighted by molar-refractivity contribution is -0.387. The number of benzene rings is 2. The summed E-state index contributed by atoms with van der Waals surface area (Å²) in [5.74, 6) is -0.646. The van der Waals surface area contributed by atoms with Crippen LogP contribution >= 0.6 is 11.8 Å². The highest BCUT2D eigenvalue weighted by atomic mass is 32.2. The van der Waals surface area contributed by atoms with Gasteiger partial charge in [-0.1, -0.05) is 17.8 Å². The molecule has 0 bridgehead atoms. The predicted octanol–water partition coefficient (Wildman–Crippen LogP) is 3.45. The van der Waals surface area contributed by atoms with E-state index < -0.39 is 10.9 Å². The van der Waals surface area contributed by atoms with Crippen molar-refractivity contribution < 1.29 is 19.6 Å². The van der Waals surface area contributed by atoms with Gasteiger partial charge in [-0.2, -0.15) is 0 Å². The van der Waals surface area contributed by atoms with Gasteiger partial charge < -0.3 is 9.84 Å². The van der Waals surface area contributed by atoms with E-state index >= 15 is 0 Å². The third-order valence-corrected chi connectivity index (χ3v) is 3.73. The van der Waals surface area contributed by atoms with Crippen LogP contribution in [0, 0.1) is 10.1 Å². The number of aromatic carboxylic acids is 1. The number of methoxy groups -OCH3 is 1. The Morgan fingerprint density at radius 2 is 2.05 bits per heavy atom. The van der Waals surface area contributed by atoms with E-state index in [1.165, 1.54) is 25.3 Å². The van der Waals surface area contributed by atoms with E-state index in [0.29, 0.717) is 15.5 Å². The number of nitro benzene ring substituents is 1. The van der Waals surface area contributed by atoms with Crippen molar-refractivity contribution in [2.24, 2.45) is 0 Å². The number of nitro groups is 1. The number of hydrogen-bond acceptors (Lipinski definition) is 5. The zero-order chi connectivity index (χ0) is 15.4. The van der Waals surface area contributed by atoms with Crippen LogP contribution in [0.5, 0.6) is 5.75 Å². The summed E-state index contributed by atoms with van der Waals surface area (Å²) in [7, 11) is 1.43. The monoisotopic (exact) mass is 305 g/mol. The SMILES string of the molecule is COc1ccc(Sc2cccc(C(=O)O)c2)c([N+](=O)[O-])c1. The fourth-order valence-electron chi connectivity index (χ4n) is 1.67. The van der Waals surface area contributed by atoms with E-state index in [1.807, 2.05) is 0 Å². The molecule has 0 atom stereocenters. The van der Waals surface area contributed by atoms with E-state index in [9.17, 15) is 14.9 Å². The molecule has 2 aromatic carbocycles. The van der Waals surface area contributed by atoms with Gasteiger partial charge in [0, 0.05) is 4.90 Å². The average Bonchev–Trinajstić information content (AvgIpc) is 2.47. The summed E-state index contributed by atoms with van der Waals surface area (Å²) >= 11 is 1.13. The van der Waals surface area contributed by atoms with Gasteiger partial charge in [0.05, 0.1) is 28.6 Å². The third-order valence-electron chi connectivity index (χ3n) is 2.67. The summed E-state index contributed by atoms with van der Waals surface area (Å²) in [5.41, 5.74) is 0.0521. The Morgan fingerprint density at radius 3 is 2.67 bits per heavy atom. The highest BCUT2D eigenvalue weighted by Gasteiger charge is 2.16. The van der Waals surface area contributed by atoms with Gasteiger partial charge in [0.1, 0.15) is 5.75 Å². The van der Waals surface area contributed by atoms with Crippen molar-refractivity contribution in [1.29, 1.82) is 0 Å². The van der Waals surface area contributed by atoms with Crippen molar-refractivity contribution in [3.8, 4) is 5.75 Å². The van der Waals surface area contributed by atoms with Crippen molar-refractivity contribution >= 4 is 23.4 Å². The van der Waals surface area contributed by atoms with Crippen LogP contribution in [0.25, 0.3) is 0 Å². The molecule has 0 aliphatic carbocycles. The Labute approximate surface area is 124 Å². The van der Waals surface area contributed by atoms with E-state index in [1.54, 1.807) is 24.3 Å². The highest BCUT2D eigenvalue weighted by Crippen LogP contribution is 2.37. The lowest BCUT2D eigenvalue weighted by Crippen LogP contribution is -1.96. The van der Waals surface area contributed by atoms with Crippen LogP contribution in [0.2, 0.25) is 0 Å². The van der Waals surface area contributed by atoms with Gasteiger partial charge in [-0.05, 0) is 30.3 Å². The molecule has 0 spiro atoms. The smallest absolute Gasteiger partial charge is 0.335 e. The average molecular weight is 305 g/mol. The van der Waals surface area contributed by atoms with Gasteiger partial charge in [-0.3, -0.25) is 10.1 Å². The Balaban J connectivity index is 2.37. The zero-order valence-corrected chi connectivity index (χ0v) is 11.8. The lowest BCUT2D eigenvalue weighted by Gasteiger charge is -2.06. The second-order valence-corrected chi connectivity index (χ2v) is 5.14. The maximum Gasteiger partial charge on any atom is 0.335 e. The molecule has 2 aromatic rings. The summed E-state index contributed by atoms with van der Waals surface area (Å²) < 4.78 is 4.97. The van der Waals surface area contributed by atoms with Crippen LogP contribution in [0.4, 0.5) is 5.69 Å². The van der Waals surface area contributed by atoms with Crippen LogP contribution in [-0.4, -0.2) is 23.1 Å². The predicted molar refractivity (Wildman–Crippen MR) is 77.2 cm³/mol. The molecule has 0 aliphatic rings. The molecule has 1 N–H and O–H groups in total. The van der Waals surface area contributed by atoms with Crippen molar-refractivity contribution in [2.75, 3.05) is 7.11 Å². The molecule has 108 valence electrons. The van der Waals surface area contributed by atoms with E-state index in [4.69, 9.17) is 9.84 Å². The minimum absolute atomic E-state index is 0.0833. The van der Waals surface area contributed by atoms with Crippen molar-refractivity contribution in [2.45, 2.75) is 9.79 Å². The standard InChI is InChI=1S/C14H11NO5S/c1-20-10-5-6-13(12(8-10)15(18)19)21-11-4-2-3-9(7-11)14(16)17/h2-8H,1H3,(H,16,17). The number of ether oxygens (including phenoxy) is 1. The summed E-state index contributed by atoms with van der Waals surface area (Å²) in [4.78, 5) is 22.6. The fraction of sp³-hybridized carbons (Fsp3) is 0.0714. The minimum atomic E-state index is -1.04. The van der Waals surface area contributed by atoms with E-state index in [2.05, 4.69) is 0 Å². The highest BCUT2D eigenvalue weighted by molar-refractivity contribution is 7.99. The molecule has 2 rings (SSSR count). The maximum absolute atomic E-state index is 11.1. The van der Waals surface area contributed by atoms with Crippen LogP contribution in [-0.2, 0) is 0 Å².